The molecule has 1 amide bonds. The Labute approximate surface area is 143 Å². The van der Waals surface area contributed by atoms with Gasteiger partial charge in [0.15, 0.2) is 0 Å². The van der Waals surface area contributed by atoms with Gasteiger partial charge in [0.2, 0.25) is 5.91 Å². The first kappa shape index (κ1) is 16.7. The number of carbonyl (C=O) groups is 1. The van der Waals surface area contributed by atoms with Crippen LogP contribution in [0.15, 0.2) is 18.3 Å². The van der Waals surface area contributed by atoms with Crippen LogP contribution in [0.2, 0.25) is 0 Å². The Morgan fingerprint density at radius 3 is 3.04 bits per heavy atom. The van der Waals surface area contributed by atoms with E-state index >= 15 is 0 Å². The maximum Gasteiger partial charge on any atom is 0.236 e. The minimum atomic E-state index is 0.229. The molecule has 0 spiro atoms. The monoisotopic (exact) mass is 327 g/mol. The van der Waals surface area contributed by atoms with Crippen molar-refractivity contribution in [3.8, 4) is 6.07 Å². The van der Waals surface area contributed by atoms with Gasteiger partial charge in [0.1, 0.15) is 11.9 Å². The molecule has 2 fully saturated rings. The van der Waals surface area contributed by atoms with E-state index in [0.717, 1.165) is 38.5 Å². The molecular formula is C18H25N5O. The molecule has 1 aliphatic heterocycles. The average Bonchev–Trinajstić information content (AvgIpc) is 3.30. The summed E-state index contributed by atoms with van der Waals surface area (Å²) in [5.41, 5.74) is 0.573. The molecule has 1 saturated carbocycles. The fourth-order valence-corrected chi connectivity index (χ4v) is 3.20. The number of likely N-dealkylation sites (tertiary alicyclic amines) is 1. The molecule has 2 heterocycles. The van der Waals surface area contributed by atoms with Gasteiger partial charge in [0.05, 0.1) is 12.1 Å². The van der Waals surface area contributed by atoms with Gasteiger partial charge in [0.25, 0.3) is 0 Å². The number of nitriles is 1. The molecule has 24 heavy (non-hydrogen) atoms. The Hall–Kier alpha value is -2.13. The Morgan fingerprint density at radius 2 is 2.29 bits per heavy atom. The quantitative estimate of drug-likeness (QED) is 0.823. The summed E-state index contributed by atoms with van der Waals surface area (Å²) in [4.78, 5) is 20.6. The largest absolute Gasteiger partial charge is 0.369 e. The van der Waals surface area contributed by atoms with E-state index in [-0.39, 0.29) is 5.91 Å². The normalized spacial score (nSPS) is 20.6. The zero-order valence-corrected chi connectivity index (χ0v) is 14.2. The molecule has 128 valence electrons. The zero-order valence-electron chi connectivity index (χ0n) is 14.2. The van der Waals surface area contributed by atoms with Crippen molar-refractivity contribution in [3.63, 3.8) is 0 Å². The number of pyridine rings is 1. The third kappa shape index (κ3) is 4.45. The lowest BCUT2D eigenvalue weighted by molar-refractivity contribution is -0.131. The number of rotatable bonds is 7. The average molecular weight is 327 g/mol. The highest BCUT2D eigenvalue weighted by Gasteiger charge is 2.28. The predicted molar refractivity (Wildman–Crippen MR) is 92.3 cm³/mol. The van der Waals surface area contributed by atoms with E-state index < -0.39 is 0 Å². The van der Waals surface area contributed by atoms with Gasteiger partial charge in [-0.1, -0.05) is 0 Å². The summed E-state index contributed by atoms with van der Waals surface area (Å²) >= 11 is 0. The number of anilines is 1. The zero-order chi connectivity index (χ0) is 16.9. The molecule has 6 heteroatoms. The first-order valence-electron chi connectivity index (χ1n) is 8.71. The third-order valence-corrected chi connectivity index (χ3v) is 4.87. The SMILES string of the molecule is CN(CC1CC1)C(=O)CN1CC[C@@H](CNc2ncccc2C#N)C1. The topological polar surface area (TPSA) is 72.3 Å². The lowest BCUT2D eigenvalue weighted by Crippen LogP contribution is -2.38. The van der Waals surface area contributed by atoms with Crippen LogP contribution < -0.4 is 5.32 Å². The number of amides is 1. The Balaban J connectivity index is 1.42. The van der Waals surface area contributed by atoms with Crippen LogP contribution in [0, 0.1) is 23.2 Å². The van der Waals surface area contributed by atoms with Gasteiger partial charge in [-0.2, -0.15) is 5.26 Å². The third-order valence-electron chi connectivity index (χ3n) is 4.87. The van der Waals surface area contributed by atoms with Gasteiger partial charge in [-0.3, -0.25) is 9.69 Å². The highest BCUT2D eigenvalue weighted by molar-refractivity contribution is 5.78. The molecule has 1 N–H and O–H groups in total. The fourth-order valence-electron chi connectivity index (χ4n) is 3.20. The molecule has 6 nitrogen and oxygen atoms in total. The molecule has 1 aliphatic carbocycles. The molecule has 1 atom stereocenters. The number of likely N-dealkylation sites (N-methyl/N-ethyl adjacent to an activating group) is 1. The van der Waals surface area contributed by atoms with Crippen molar-refractivity contribution < 1.29 is 4.79 Å². The van der Waals surface area contributed by atoms with Crippen molar-refractivity contribution in [1.29, 1.82) is 5.26 Å². The smallest absolute Gasteiger partial charge is 0.236 e. The van der Waals surface area contributed by atoms with Gasteiger partial charge < -0.3 is 10.2 Å². The maximum absolute atomic E-state index is 12.3. The van der Waals surface area contributed by atoms with Crippen LogP contribution in [0.3, 0.4) is 0 Å². The first-order chi connectivity index (χ1) is 11.7. The van der Waals surface area contributed by atoms with E-state index in [2.05, 4.69) is 21.3 Å². The second-order valence-corrected chi connectivity index (χ2v) is 7.00. The lowest BCUT2D eigenvalue weighted by atomic mass is 10.1. The van der Waals surface area contributed by atoms with Crippen LogP contribution in [0.5, 0.6) is 0 Å². The highest BCUT2D eigenvalue weighted by atomic mass is 16.2. The highest BCUT2D eigenvalue weighted by Crippen LogP contribution is 2.29. The van der Waals surface area contributed by atoms with Crippen LogP contribution in [0.4, 0.5) is 5.82 Å². The predicted octanol–water partition coefficient (Wildman–Crippen LogP) is 1.56. The van der Waals surface area contributed by atoms with E-state index in [1.165, 1.54) is 12.8 Å². The summed E-state index contributed by atoms with van der Waals surface area (Å²) in [5.74, 6) is 2.10. The van der Waals surface area contributed by atoms with Crippen molar-refractivity contribution in [2.24, 2.45) is 11.8 Å². The number of carbonyl (C=O) groups excluding carboxylic acids is 1. The van der Waals surface area contributed by atoms with Crippen LogP contribution in [0.1, 0.15) is 24.8 Å². The fraction of sp³-hybridized carbons (Fsp3) is 0.611. The Morgan fingerprint density at radius 1 is 1.46 bits per heavy atom. The number of hydrogen-bond donors (Lipinski definition) is 1. The Kier molecular flexibility index (Phi) is 5.31. The second-order valence-electron chi connectivity index (χ2n) is 7.00. The van der Waals surface area contributed by atoms with Crippen LogP contribution >= 0.6 is 0 Å². The van der Waals surface area contributed by atoms with Gasteiger partial charge in [-0.15, -0.1) is 0 Å². The molecule has 3 rings (SSSR count). The van der Waals surface area contributed by atoms with Crippen LogP contribution in [-0.2, 0) is 4.79 Å². The molecule has 1 saturated heterocycles. The van der Waals surface area contributed by atoms with Crippen molar-refractivity contribution in [1.82, 2.24) is 14.8 Å². The molecule has 0 aromatic carbocycles. The summed E-state index contributed by atoms with van der Waals surface area (Å²) in [6.45, 7) is 4.10. The van der Waals surface area contributed by atoms with Crippen molar-refractivity contribution in [2.45, 2.75) is 19.3 Å². The molecule has 1 aromatic heterocycles. The lowest BCUT2D eigenvalue weighted by Gasteiger charge is -2.21. The van der Waals surface area contributed by atoms with Gasteiger partial charge in [-0.05, 0) is 49.8 Å². The maximum atomic E-state index is 12.3. The minimum absolute atomic E-state index is 0.229. The standard InChI is InChI=1S/C18H25N5O/c1-22(11-14-4-5-14)17(24)13-23-8-6-15(12-23)10-21-18-16(9-19)3-2-7-20-18/h2-3,7,14-15H,4-6,8,10-13H2,1H3,(H,20,21)/t15-/m0/s1. The molecule has 0 bridgehead atoms. The van der Waals surface area contributed by atoms with E-state index in [4.69, 9.17) is 5.26 Å². The van der Waals surface area contributed by atoms with Crippen LogP contribution in [-0.4, -0.2) is 60.5 Å². The summed E-state index contributed by atoms with van der Waals surface area (Å²) in [7, 11) is 1.92. The Bertz CT molecular complexity index is 622. The molecular weight excluding hydrogens is 302 g/mol. The molecule has 1 aromatic rings. The summed E-state index contributed by atoms with van der Waals surface area (Å²) < 4.78 is 0. The number of aromatic nitrogens is 1. The van der Waals surface area contributed by atoms with E-state index in [9.17, 15) is 4.79 Å². The minimum Gasteiger partial charge on any atom is -0.369 e. The second kappa shape index (κ2) is 7.63. The van der Waals surface area contributed by atoms with Crippen LogP contribution in [0.25, 0.3) is 0 Å². The first-order valence-corrected chi connectivity index (χ1v) is 8.71. The van der Waals surface area contributed by atoms with Crippen molar-refractivity contribution in [3.05, 3.63) is 23.9 Å². The number of hydrogen-bond acceptors (Lipinski definition) is 5. The van der Waals surface area contributed by atoms with E-state index in [1.54, 1.807) is 18.3 Å². The molecule has 0 radical (unpaired) electrons. The van der Waals surface area contributed by atoms with Crippen molar-refractivity contribution in [2.75, 3.05) is 45.1 Å². The summed E-state index contributed by atoms with van der Waals surface area (Å²) in [6, 6.07) is 5.69. The summed E-state index contributed by atoms with van der Waals surface area (Å²) in [6.07, 6.45) is 5.31. The van der Waals surface area contributed by atoms with Crippen molar-refractivity contribution >= 4 is 11.7 Å². The molecule has 0 unspecified atom stereocenters. The van der Waals surface area contributed by atoms with Gasteiger partial charge in [0, 0.05) is 32.9 Å². The number of nitrogens with one attached hydrogen (secondary N) is 1. The van der Waals surface area contributed by atoms with Gasteiger partial charge >= 0.3 is 0 Å². The summed E-state index contributed by atoms with van der Waals surface area (Å²) in [5, 5.41) is 12.4. The molecule has 2 aliphatic rings. The van der Waals surface area contributed by atoms with Gasteiger partial charge in [-0.25, -0.2) is 4.98 Å². The van der Waals surface area contributed by atoms with E-state index in [0.29, 0.717) is 23.8 Å². The number of nitrogens with zero attached hydrogens (tertiary/aromatic N) is 4. The van der Waals surface area contributed by atoms with E-state index in [1.807, 2.05) is 11.9 Å².